The molecule has 0 rings (SSSR count). The number of carboxylic acids is 1. The molecule has 0 aromatic heterocycles. The molecule has 0 aliphatic heterocycles. The molecule has 0 unspecified atom stereocenters. The van der Waals surface area contributed by atoms with Crippen molar-refractivity contribution in [1.29, 1.82) is 0 Å². The Bertz CT molecular complexity index is 1380. The highest BCUT2D eigenvalue weighted by Crippen LogP contribution is 2.20. The Hall–Kier alpha value is -2.46. The van der Waals surface area contributed by atoms with Crippen LogP contribution in [0.4, 0.5) is 0 Å². The Morgan fingerprint density at radius 3 is 0.926 bits per heavy atom. The van der Waals surface area contributed by atoms with Gasteiger partial charge in [-0.25, -0.2) is 0 Å². The Labute approximate surface area is 502 Å². The topological polar surface area (TPSA) is 123 Å². The van der Waals surface area contributed by atoms with Crippen LogP contribution in [0.1, 0.15) is 362 Å². The molecular weight excluding hydrogens is 1010 g/mol. The number of rotatable bonds is 67. The van der Waals surface area contributed by atoms with Crippen molar-refractivity contribution in [3.8, 4) is 0 Å². The normalized spacial score (nSPS) is 11.6. The van der Waals surface area contributed by atoms with Gasteiger partial charge in [-0.2, -0.15) is 0 Å². The maximum absolute atomic E-state index is 13.1. The van der Waals surface area contributed by atoms with Gasteiger partial charge in [0.25, 0.3) is 0 Å². The van der Waals surface area contributed by atoms with E-state index in [9.17, 15) is 19.2 Å². The van der Waals surface area contributed by atoms with Crippen molar-refractivity contribution >= 4 is 23.9 Å². The largest absolute Gasteiger partial charge is 0.481 e. The summed E-state index contributed by atoms with van der Waals surface area (Å²) in [6.07, 6.45) is 57.5. The molecule has 10 nitrogen and oxygen atoms in total. The second-order valence-corrected chi connectivity index (χ2v) is 24.7. The van der Waals surface area contributed by atoms with Gasteiger partial charge in [0.15, 0.2) is 0 Å². The third-order valence-corrected chi connectivity index (χ3v) is 16.4. The minimum absolute atomic E-state index is 0.00184. The van der Waals surface area contributed by atoms with E-state index in [-0.39, 0.29) is 30.4 Å². The number of carbonyl (C=O) groups is 4. The van der Waals surface area contributed by atoms with Crippen LogP contribution in [0.5, 0.6) is 0 Å². The van der Waals surface area contributed by atoms with Crippen molar-refractivity contribution in [2.24, 2.45) is 0 Å². The lowest BCUT2D eigenvalue weighted by Crippen LogP contribution is -2.34. The van der Waals surface area contributed by atoms with Crippen molar-refractivity contribution in [2.75, 3.05) is 52.5 Å². The highest BCUT2D eigenvalue weighted by Gasteiger charge is 2.16. The summed E-state index contributed by atoms with van der Waals surface area (Å²) in [6, 6.07) is 0. The van der Waals surface area contributed by atoms with Crippen molar-refractivity contribution in [3.05, 3.63) is 12.2 Å². The molecule has 0 bridgehead atoms. The summed E-state index contributed by atoms with van der Waals surface area (Å²) < 4.78 is 17.4. The molecule has 0 spiro atoms. The predicted molar refractivity (Wildman–Crippen MR) is 344 cm³/mol. The molecule has 0 radical (unpaired) electrons. The van der Waals surface area contributed by atoms with E-state index in [0.29, 0.717) is 32.5 Å². The summed E-state index contributed by atoms with van der Waals surface area (Å²) in [5, 5.41) is 9.08. The van der Waals surface area contributed by atoms with Gasteiger partial charge in [0.05, 0.1) is 13.2 Å². The fourth-order valence-electron chi connectivity index (χ4n) is 11.2. The van der Waals surface area contributed by atoms with E-state index in [1.807, 2.05) is 0 Å². The van der Waals surface area contributed by atoms with E-state index in [1.54, 1.807) is 0 Å². The van der Waals surface area contributed by atoms with Gasteiger partial charge in [-0.15, -0.1) is 0 Å². The zero-order chi connectivity index (χ0) is 59.2. The summed E-state index contributed by atoms with van der Waals surface area (Å²) in [4.78, 5) is 54.4. The van der Waals surface area contributed by atoms with Gasteiger partial charge in [0.2, 0.25) is 0 Å². The van der Waals surface area contributed by atoms with Gasteiger partial charge in [-0.05, 0) is 122 Å². The highest BCUT2D eigenvalue weighted by atomic mass is 16.5. The lowest BCUT2D eigenvalue weighted by Gasteiger charge is -2.28. The third kappa shape index (κ3) is 60.5. The van der Waals surface area contributed by atoms with Crippen LogP contribution in [-0.2, 0) is 33.4 Å². The molecule has 1 N–H and O–H groups in total. The van der Waals surface area contributed by atoms with Crippen LogP contribution >= 0.6 is 0 Å². The quantitative estimate of drug-likeness (QED) is 0.0273. The molecule has 81 heavy (non-hydrogen) atoms. The molecule has 0 amide bonds. The molecule has 0 aromatic rings. The number of ether oxygens (including phenoxy) is 3. The minimum Gasteiger partial charge on any atom is -0.481 e. The van der Waals surface area contributed by atoms with Crippen LogP contribution in [0, 0.1) is 0 Å². The zero-order valence-electron chi connectivity index (χ0n) is 54.4. The van der Waals surface area contributed by atoms with Crippen LogP contribution in [0.2, 0.25) is 0 Å². The maximum Gasteiger partial charge on any atom is 0.306 e. The summed E-state index contributed by atoms with van der Waals surface area (Å²) in [5.41, 5.74) is 1.22. The molecule has 0 aliphatic carbocycles. The average Bonchev–Trinajstić information content (AvgIpc) is 3.44. The second kappa shape index (κ2) is 63.6. The van der Waals surface area contributed by atoms with Crippen LogP contribution in [0.15, 0.2) is 12.2 Å². The van der Waals surface area contributed by atoms with Crippen LogP contribution in [0.3, 0.4) is 0 Å². The maximum atomic E-state index is 13.1. The van der Waals surface area contributed by atoms with E-state index >= 15 is 0 Å². The Morgan fingerprint density at radius 1 is 0.333 bits per heavy atom. The second-order valence-electron chi connectivity index (χ2n) is 24.7. The van der Waals surface area contributed by atoms with Crippen molar-refractivity contribution in [1.82, 2.24) is 9.80 Å². The molecule has 0 aliphatic rings. The molecular formula is C71H136N2O8. The molecule has 0 saturated heterocycles. The number of esters is 3. The third-order valence-electron chi connectivity index (χ3n) is 16.4. The number of nitrogens with zero attached hydrogens (tertiary/aromatic N) is 2. The fourth-order valence-corrected chi connectivity index (χ4v) is 11.2. The lowest BCUT2D eigenvalue weighted by atomic mass is 10.0. The SMILES string of the molecule is C=C(CN(CCCCCCCC(=O)O)CCCCCC(=O)OCCCCCCCCCCC)CN(CCCCCCCC(=O)OC(CCCCCCCC)CCCCCCCC)CCCCCC(=O)OCCCCCCCCCCC. The van der Waals surface area contributed by atoms with E-state index in [4.69, 9.17) is 19.3 Å². The number of unbranched alkanes of at least 4 members (excludes halogenated alkanes) is 38. The number of hydrogen-bond acceptors (Lipinski definition) is 9. The van der Waals surface area contributed by atoms with E-state index < -0.39 is 5.97 Å². The molecule has 10 heteroatoms. The smallest absolute Gasteiger partial charge is 0.306 e. The van der Waals surface area contributed by atoms with Crippen LogP contribution in [-0.4, -0.2) is 97.4 Å². The summed E-state index contributed by atoms with van der Waals surface area (Å²) in [7, 11) is 0. The van der Waals surface area contributed by atoms with Gasteiger partial charge in [-0.1, -0.05) is 253 Å². The lowest BCUT2D eigenvalue weighted by molar-refractivity contribution is -0.150. The van der Waals surface area contributed by atoms with Gasteiger partial charge >= 0.3 is 23.9 Å². The molecule has 0 atom stereocenters. The van der Waals surface area contributed by atoms with Crippen molar-refractivity contribution < 1.29 is 38.5 Å². The molecule has 478 valence electrons. The van der Waals surface area contributed by atoms with Gasteiger partial charge in [-0.3, -0.25) is 29.0 Å². The first-order chi connectivity index (χ1) is 39.6. The van der Waals surface area contributed by atoms with Crippen LogP contribution in [0.25, 0.3) is 0 Å². The van der Waals surface area contributed by atoms with Crippen molar-refractivity contribution in [3.63, 3.8) is 0 Å². The van der Waals surface area contributed by atoms with E-state index in [0.717, 1.165) is 193 Å². The molecule has 0 heterocycles. The fraction of sp³-hybridized carbons (Fsp3) is 0.915. The van der Waals surface area contributed by atoms with Crippen LogP contribution < -0.4 is 0 Å². The Kier molecular flexibility index (Phi) is 61.6. The Morgan fingerprint density at radius 2 is 0.593 bits per heavy atom. The molecule has 0 fully saturated rings. The number of carboxylic acid groups (broad SMARTS) is 1. The minimum atomic E-state index is -0.713. The monoisotopic (exact) mass is 1150 g/mol. The van der Waals surface area contributed by atoms with E-state index in [2.05, 4.69) is 44.1 Å². The summed E-state index contributed by atoms with van der Waals surface area (Å²) >= 11 is 0. The summed E-state index contributed by atoms with van der Waals surface area (Å²) in [5.74, 6) is -0.833. The highest BCUT2D eigenvalue weighted by molar-refractivity contribution is 5.70. The Balaban J connectivity index is 5.27. The number of hydrogen-bond donors (Lipinski definition) is 1. The molecule has 0 saturated carbocycles. The first-order valence-electron chi connectivity index (χ1n) is 35.5. The average molecular weight is 1150 g/mol. The predicted octanol–water partition coefficient (Wildman–Crippen LogP) is 20.6. The molecule has 0 aromatic carbocycles. The first-order valence-corrected chi connectivity index (χ1v) is 35.5. The zero-order valence-corrected chi connectivity index (χ0v) is 54.4. The first kappa shape index (κ1) is 78.5. The number of carbonyl (C=O) groups excluding carboxylic acids is 3. The number of aliphatic carboxylic acids is 1. The van der Waals surface area contributed by atoms with Gasteiger partial charge in [0, 0.05) is 38.8 Å². The van der Waals surface area contributed by atoms with Gasteiger partial charge in [0.1, 0.15) is 6.10 Å². The van der Waals surface area contributed by atoms with E-state index in [1.165, 1.54) is 160 Å². The van der Waals surface area contributed by atoms with Gasteiger partial charge < -0.3 is 19.3 Å². The summed E-state index contributed by atoms with van der Waals surface area (Å²) in [6.45, 7) is 20.4. The van der Waals surface area contributed by atoms with Crippen molar-refractivity contribution in [2.45, 2.75) is 368 Å². The standard InChI is InChI=1S/C71H136N2O8/c1-6-10-14-18-22-24-26-36-50-62-79-69(76)55-44-38-48-60-72(58-46-34-28-32-42-54-68(74)75)64-66(5)65-73(61-49-39-45-56-70(77)80-63-51-37-27-25-23-19-15-11-7-2)59-47-35-29-33-43-57-71(78)81-67(52-40-30-20-16-12-8-3)53-41-31-21-17-13-9-4/h67H,5-65H2,1-4H3,(H,74,75).